The molecule has 6 nitrogen and oxygen atoms in total. The number of nitrogens with one attached hydrogen (secondary N) is 1. The number of piperazine rings is 1. The van der Waals surface area contributed by atoms with Gasteiger partial charge in [0.2, 0.25) is 5.91 Å². The van der Waals surface area contributed by atoms with Gasteiger partial charge in [-0.3, -0.25) is 9.59 Å². The van der Waals surface area contributed by atoms with E-state index in [1.54, 1.807) is 0 Å². The van der Waals surface area contributed by atoms with E-state index < -0.39 is 0 Å². The second kappa shape index (κ2) is 10.2. The number of ether oxygens (including phenoxy) is 1. The van der Waals surface area contributed by atoms with E-state index in [9.17, 15) is 9.59 Å². The summed E-state index contributed by atoms with van der Waals surface area (Å²) in [7, 11) is 0. The molecule has 1 saturated heterocycles. The van der Waals surface area contributed by atoms with Gasteiger partial charge >= 0.3 is 0 Å². The van der Waals surface area contributed by atoms with Gasteiger partial charge in [0.15, 0.2) is 6.61 Å². The van der Waals surface area contributed by atoms with Crippen molar-refractivity contribution in [2.24, 2.45) is 0 Å². The zero-order valence-electron chi connectivity index (χ0n) is 18.4. The molecule has 4 rings (SSSR count). The summed E-state index contributed by atoms with van der Waals surface area (Å²) in [5, 5.41) is 5.10. The Labute approximate surface area is 188 Å². The largest absolute Gasteiger partial charge is 0.484 e. The van der Waals surface area contributed by atoms with Crippen molar-refractivity contribution in [1.29, 1.82) is 0 Å². The van der Waals surface area contributed by atoms with Crippen LogP contribution in [0.1, 0.15) is 19.8 Å². The van der Waals surface area contributed by atoms with Crippen molar-refractivity contribution in [3.05, 3.63) is 66.7 Å². The van der Waals surface area contributed by atoms with Crippen LogP contribution in [0.5, 0.6) is 5.75 Å². The van der Waals surface area contributed by atoms with Gasteiger partial charge in [0, 0.05) is 44.0 Å². The van der Waals surface area contributed by atoms with Crippen molar-refractivity contribution >= 4 is 34.0 Å². The molecular weight excluding hydrogens is 402 g/mol. The Hall–Kier alpha value is -3.54. The fourth-order valence-electron chi connectivity index (χ4n) is 3.94. The normalized spacial score (nSPS) is 13.8. The van der Waals surface area contributed by atoms with Gasteiger partial charge in [-0.25, -0.2) is 0 Å². The van der Waals surface area contributed by atoms with Crippen molar-refractivity contribution in [2.75, 3.05) is 43.0 Å². The number of carbonyl (C=O) groups is 2. The third-order valence-electron chi connectivity index (χ3n) is 5.70. The van der Waals surface area contributed by atoms with E-state index in [1.807, 2.05) is 78.6 Å². The third-order valence-corrected chi connectivity index (χ3v) is 5.70. The van der Waals surface area contributed by atoms with E-state index in [4.69, 9.17) is 4.74 Å². The van der Waals surface area contributed by atoms with Crippen LogP contribution < -0.4 is 15.0 Å². The number of anilines is 2. The molecule has 3 aromatic rings. The van der Waals surface area contributed by atoms with Gasteiger partial charge in [-0.05, 0) is 53.6 Å². The van der Waals surface area contributed by atoms with Crippen molar-refractivity contribution in [1.82, 2.24) is 4.90 Å². The molecular formula is C26H29N3O3. The van der Waals surface area contributed by atoms with Gasteiger partial charge in [0.25, 0.3) is 5.91 Å². The highest BCUT2D eigenvalue weighted by Gasteiger charge is 2.20. The van der Waals surface area contributed by atoms with Crippen molar-refractivity contribution in [3.63, 3.8) is 0 Å². The first-order valence-corrected chi connectivity index (χ1v) is 11.2. The van der Waals surface area contributed by atoms with Gasteiger partial charge < -0.3 is 19.9 Å². The van der Waals surface area contributed by atoms with Crippen LogP contribution in [0.2, 0.25) is 0 Å². The second-order valence-corrected chi connectivity index (χ2v) is 8.01. The summed E-state index contributed by atoms with van der Waals surface area (Å²) in [4.78, 5) is 28.6. The molecule has 3 aromatic carbocycles. The summed E-state index contributed by atoms with van der Waals surface area (Å²) in [6.45, 7) is 5.13. The molecule has 1 aliphatic rings. The highest BCUT2D eigenvalue weighted by Crippen LogP contribution is 2.22. The lowest BCUT2D eigenvalue weighted by atomic mass is 10.1. The monoisotopic (exact) mass is 431 g/mol. The number of hydrogen-bond donors (Lipinski definition) is 1. The van der Waals surface area contributed by atoms with Gasteiger partial charge in [-0.2, -0.15) is 0 Å². The van der Waals surface area contributed by atoms with Crippen LogP contribution in [0.25, 0.3) is 10.8 Å². The molecule has 0 saturated carbocycles. The molecule has 0 aromatic heterocycles. The van der Waals surface area contributed by atoms with Gasteiger partial charge in [0.05, 0.1) is 0 Å². The van der Waals surface area contributed by atoms with E-state index in [-0.39, 0.29) is 18.4 Å². The number of hydrogen-bond acceptors (Lipinski definition) is 4. The highest BCUT2D eigenvalue weighted by atomic mass is 16.5. The van der Waals surface area contributed by atoms with Gasteiger partial charge in [-0.15, -0.1) is 0 Å². The lowest BCUT2D eigenvalue weighted by molar-refractivity contribution is -0.131. The molecule has 0 radical (unpaired) electrons. The zero-order valence-corrected chi connectivity index (χ0v) is 18.4. The number of fused-ring (bicyclic) bond motifs is 1. The minimum absolute atomic E-state index is 0.0478. The molecule has 1 heterocycles. The SMILES string of the molecule is CCCC(=O)N1CCN(c2ccc(NC(=O)COc3ccc4ccccc4c3)cc2)CC1. The molecule has 0 spiro atoms. The lowest BCUT2D eigenvalue weighted by Gasteiger charge is -2.36. The Kier molecular flexibility index (Phi) is 6.90. The predicted octanol–water partition coefficient (Wildman–Crippen LogP) is 4.31. The highest BCUT2D eigenvalue weighted by molar-refractivity contribution is 5.92. The molecule has 2 amide bonds. The predicted molar refractivity (Wildman–Crippen MR) is 128 cm³/mol. The average molecular weight is 432 g/mol. The summed E-state index contributed by atoms with van der Waals surface area (Å²) >= 11 is 0. The van der Waals surface area contributed by atoms with E-state index in [2.05, 4.69) is 10.2 Å². The fourth-order valence-corrected chi connectivity index (χ4v) is 3.94. The van der Waals surface area contributed by atoms with E-state index in [0.717, 1.165) is 54.7 Å². The third kappa shape index (κ3) is 5.38. The summed E-state index contributed by atoms with van der Waals surface area (Å²) < 4.78 is 5.66. The minimum Gasteiger partial charge on any atom is -0.484 e. The maximum absolute atomic E-state index is 12.3. The summed E-state index contributed by atoms with van der Waals surface area (Å²) in [5.74, 6) is 0.718. The van der Waals surface area contributed by atoms with E-state index >= 15 is 0 Å². The molecule has 1 N–H and O–H groups in total. The van der Waals surface area contributed by atoms with Crippen molar-refractivity contribution in [3.8, 4) is 5.75 Å². The van der Waals surface area contributed by atoms with Crippen molar-refractivity contribution in [2.45, 2.75) is 19.8 Å². The zero-order chi connectivity index (χ0) is 22.3. The van der Waals surface area contributed by atoms with Crippen LogP contribution in [0, 0.1) is 0 Å². The second-order valence-electron chi connectivity index (χ2n) is 8.01. The molecule has 1 fully saturated rings. The summed E-state index contributed by atoms with van der Waals surface area (Å²) in [5.41, 5.74) is 1.83. The number of rotatable bonds is 7. The van der Waals surface area contributed by atoms with Crippen LogP contribution in [0.4, 0.5) is 11.4 Å². The van der Waals surface area contributed by atoms with Crippen LogP contribution in [0.15, 0.2) is 66.7 Å². The minimum atomic E-state index is -0.200. The average Bonchev–Trinajstić information content (AvgIpc) is 2.83. The molecule has 1 aliphatic heterocycles. The smallest absolute Gasteiger partial charge is 0.262 e. The number of carbonyl (C=O) groups excluding carboxylic acids is 2. The molecule has 166 valence electrons. The molecule has 32 heavy (non-hydrogen) atoms. The molecule has 6 heteroatoms. The molecule has 0 unspecified atom stereocenters. The van der Waals surface area contributed by atoms with Crippen LogP contribution in [0.3, 0.4) is 0 Å². The fraction of sp³-hybridized carbons (Fsp3) is 0.308. The maximum Gasteiger partial charge on any atom is 0.262 e. The molecule has 0 aliphatic carbocycles. The lowest BCUT2D eigenvalue weighted by Crippen LogP contribution is -2.48. The first-order chi connectivity index (χ1) is 15.6. The van der Waals surface area contributed by atoms with Gasteiger partial charge in [0.1, 0.15) is 5.75 Å². The number of amides is 2. The summed E-state index contributed by atoms with van der Waals surface area (Å²) in [6, 6.07) is 21.6. The van der Waals surface area contributed by atoms with Gasteiger partial charge in [-0.1, -0.05) is 37.3 Å². The first kappa shape index (κ1) is 21.7. The van der Waals surface area contributed by atoms with E-state index in [1.165, 1.54) is 0 Å². The quantitative estimate of drug-likeness (QED) is 0.606. The Morgan fingerprint density at radius 3 is 2.34 bits per heavy atom. The van der Waals surface area contributed by atoms with Crippen LogP contribution in [-0.4, -0.2) is 49.5 Å². The summed E-state index contributed by atoms with van der Waals surface area (Å²) in [6.07, 6.45) is 1.51. The topological polar surface area (TPSA) is 61.9 Å². The first-order valence-electron chi connectivity index (χ1n) is 11.2. The number of benzene rings is 3. The van der Waals surface area contributed by atoms with Crippen LogP contribution >= 0.6 is 0 Å². The van der Waals surface area contributed by atoms with E-state index in [0.29, 0.717) is 12.2 Å². The number of nitrogens with zero attached hydrogens (tertiary/aromatic N) is 2. The maximum atomic E-state index is 12.3. The molecule has 0 atom stereocenters. The van der Waals surface area contributed by atoms with Crippen LogP contribution in [-0.2, 0) is 9.59 Å². The van der Waals surface area contributed by atoms with Crippen molar-refractivity contribution < 1.29 is 14.3 Å². The molecule has 0 bridgehead atoms. The standard InChI is InChI=1S/C26H29N3O3/c1-2-5-26(31)29-16-14-28(15-17-29)23-11-9-22(10-12-23)27-25(30)19-32-24-13-8-20-6-3-4-7-21(20)18-24/h3-4,6-13,18H,2,5,14-17,19H2,1H3,(H,27,30). The Bertz CT molecular complexity index is 1070. The Balaban J connectivity index is 1.26. The Morgan fingerprint density at radius 2 is 1.62 bits per heavy atom. The Morgan fingerprint density at radius 1 is 0.906 bits per heavy atom.